The Hall–Kier alpha value is -1.62. The topological polar surface area (TPSA) is 48.5 Å². The zero-order chi connectivity index (χ0) is 14.8. The summed E-state index contributed by atoms with van der Waals surface area (Å²) in [6, 6.07) is 4.49. The maximum atomic E-state index is 12.9. The Kier molecular flexibility index (Phi) is 4.10. The fourth-order valence-electron chi connectivity index (χ4n) is 3.57. The highest BCUT2D eigenvalue weighted by Crippen LogP contribution is 2.26. The number of piperazine rings is 1. The molecule has 3 heterocycles. The molecule has 0 aromatic carbocycles. The van der Waals surface area contributed by atoms with Crippen LogP contribution in [0.3, 0.4) is 0 Å². The number of amides is 1. The number of nitrogens with zero attached hydrogens (tertiary/aromatic N) is 3. The van der Waals surface area contributed by atoms with Crippen molar-refractivity contribution in [2.45, 2.75) is 38.3 Å². The third kappa shape index (κ3) is 2.75. The number of anilines is 1. The quantitative estimate of drug-likeness (QED) is 0.902. The third-order valence-electron chi connectivity index (χ3n) is 4.72. The zero-order valence-electron chi connectivity index (χ0n) is 12.9. The van der Waals surface area contributed by atoms with Crippen LogP contribution in [0.5, 0.6) is 0 Å². The van der Waals surface area contributed by atoms with E-state index in [9.17, 15) is 4.79 Å². The Bertz CT molecular complexity index is 519. The van der Waals surface area contributed by atoms with E-state index in [0.29, 0.717) is 17.4 Å². The van der Waals surface area contributed by atoms with Crippen molar-refractivity contribution >= 4 is 11.7 Å². The third-order valence-corrected chi connectivity index (χ3v) is 4.72. The molecule has 3 rings (SSSR count). The number of pyridine rings is 1. The van der Waals surface area contributed by atoms with Crippen molar-refractivity contribution in [1.29, 1.82) is 0 Å². The highest BCUT2D eigenvalue weighted by Gasteiger charge is 2.36. The molecule has 1 aromatic heterocycles. The Labute approximate surface area is 126 Å². The molecule has 2 unspecified atom stereocenters. The van der Waals surface area contributed by atoms with Gasteiger partial charge in [0.1, 0.15) is 5.82 Å². The first kappa shape index (κ1) is 14.3. The van der Waals surface area contributed by atoms with Crippen LogP contribution in [0.15, 0.2) is 18.3 Å². The Morgan fingerprint density at radius 3 is 3.05 bits per heavy atom. The van der Waals surface area contributed by atoms with E-state index in [1.165, 1.54) is 25.8 Å². The summed E-state index contributed by atoms with van der Waals surface area (Å²) in [6.07, 6.45) is 5.50. The lowest BCUT2D eigenvalue weighted by Gasteiger charge is -2.47. The van der Waals surface area contributed by atoms with E-state index >= 15 is 0 Å². The summed E-state index contributed by atoms with van der Waals surface area (Å²) in [6.45, 7) is 5.17. The van der Waals surface area contributed by atoms with Crippen LogP contribution in [-0.4, -0.2) is 59.5 Å². The van der Waals surface area contributed by atoms with Gasteiger partial charge in [0.15, 0.2) is 0 Å². The molecule has 5 nitrogen and oxygen atoms in total. The lowest BCUT2D eigenvalue weighted by atomic mass is 9.96. The fourth-order valence-corrected chi connectivity index (χ4v) is 3.57. The van der Waals surface area contributed by atoms with Crippen molar-refractivity contribution in [2.24, 2.45) is 0 Å². The largest absolute Gasteiger partial charge is 0.372 e. The molecule has 1 amide bonds. The van der Waals surface area contributed by atoms with Crippen molar-refractivity contribution in [3.8, 4) is 0 Å². The second-order valence-electron chi connectivity index (χ2n) is 6.10. The summed E-state index contributed by atoms with van der Waals surface area (Å²) in [5, 5.41) is 3.02. The molecular weight excluding hydrogens is 264 g/mol. The Morgan fingerprint density at radius 2 is 2.24 bits per heavy atom. The molecule has 0 bridgehead atoms. The van der Waals surface area contributed by atoms with Gasteiger partial charge in [0.2, 0.25) is 0 Å². The van der Waals surface area contributed by atoms with Crippen LogP contribution >= 0.6 is 0 Å². The maximum Gasteiger partial charge on any atom is 0.257 e. The minimum atomic E-state index is 0.102. The van der Waals surface area contributed by atoms with Crippen LogP contribution in [-0.2, 0) is 0 Å². The predicted octanol–water partition coefficient (Wildman–Crippen LogP) is 1.82. The van der Waals surface area contributed by atoms with Gasteiger partial charge in [0.25, 0.3) is 5.91 Å². The monoisotopic (exact) mass is 288 g/mol. The van der Waals surface area contributed by atoms with Crippen molar-refractivity contribution in [3.63, 3.8) is 0 Å². The van der Waals surface area contributed by atoms with Crippen LogP contribution in [0.25, 0.3) is 0 Å². The number of carbonyl (C=O) groups excluding carboxylic acids is 1. The van der Waals surface area contributed by atoms with Gasteiger partial charge in [-0.1, -0.05) is 6.42 Å². The first-order chi connectivity index (χ1) is 10.2. The van der Waals surface area contributed by atoms with E-state index < -0.39 is 0 Å². The van der Waals surface area contributed by atoms with Crippen molar-refractivity contribution in [1.82, 2.24) is 14.8 Å². The summed E-state index contributed by atoms with van der Waals surface area (Å²) in [7, 11) is 1.81. The highest BCUT2D eigenvalue weighted by molar-refractivity contribution is 5.99. The molecule has 2 saturated heterocycles. The number of rotatable bonds is 2. The molecule has 2 aliphatic heterocycles. The van der Waals surface area contributed by atoms with Crippen LogP contribution in [0.1, 0.15) is 36.5 Å². The van der Waals surface area contributed by atoms with Gasteiger partial charge in [-0.15, -0.1) is 0 Å². The van der Waals surface area contributed by atoms with Gasteiger partial charge in [-0.05, 0) is 38.4 Å². The number of fused-ring (bicyclic) bond motifs is 1. The first-order valence-corrected chi connectivity index (χ1v) is 7.88. The minimum Gasteiger partial charge on any atom is -0.372 e. The molecule has 0 saturated carbocycles. The van der Waals surface area contributed by atoms with Gasteiger partial charge in [-0.3, -0.25) is 9.69 Å². The molecule has 0 aliphatic carbocycles. The molecule has 114 valence electrons. The number of nitrogens with one attached hydrogen (secondary N) is 1. The van der Waals surface area contributed by atoms with Crippen LogP contribution in [0.2, 0.25) is 0 Å². The Balaban J connectivity index is 1.80. The molecular formula is C16H24N4O. The maximum absolute atomic E-state index is 12.9. The van der Waals surface area contributed by atoms with E-state index in [4.69, 9.17) is 0 Å². The number of aromatic nitrogens is 1. The average molecular weight is 288 g/mol. The SMILES string of the molecule is CNc1ncccc1C(=O)N1CC2CCCCN2CC1C. The number of piperidine rings is 1. The highest BCUT2D eigenvalue weighted by atomic mass is 16.2. The van der Waals surface area contributed by atoms with Crippen LogP contribution < -0.4 is 5.32 Å². The van der Waals surface area contributed by atoms with E-state index in [1.807, 2.05) is 24.1 Å². The zero-order valence-corrected chi connectivity index (χ0v) is 12.9. The van der Waals surface area contributed by atoms with Gasteiger partial charge in [0, 0.05) is 38.4 Å². The fraction of sp³-hybridized carbons (Fsp3) is 0.625. The normalized spacial score (nSPS) is 26.3. The van der Waals surface area contributed by atoms with Crippen LogP contribution in [0, 0.1) is 0 Å². The molecule has 2 atom stereocenters. The standard InChI is InChI=1S/C16H24N4O/c1-12-10-19-9-4-3-6-13(19)11-20(12)16(21)14-7-5-8-18-15(14)17-2/h5,7-8,12-13H,3-4,6,9-11H2,1-2H3,(H,17,18). The van der Waals surface area contributed by atoms with Gasteiger partial charge >= 0.3 is 0 Å². The summed E-state index contributed by atoms with van der Waals surface area (Å²) < 4.78 is 0. The summed E-state index contributed by atoms with van der Waals surface area (Å²) in [5.74, 6) is 0.769. The van der Waals surface area contributed by atoms with Crippen molar-refractivity contribution < 1.29 is 4.79 Å². The second kappa shape index (κ2) is 6.02. The van der Waals surface area contributed by atoms with E-state index in [0.717, 1.165) is 13.1 Å². The van der Waals surface area contributed by atoms with E-state index in [1.54, 1.807) is 6.20 Å². The number of carbonyl (C=O) groups is 1. The van der Waals surface area contributed by atoms with E-state index in [-0.39, 0.29) is 11.9 Å². The molecule has 1 aromatic rings. The van der Waals surface area contributed by atoms with Gasteiger partial charge < -0.3 is 10.2 Å². The minimum absolute atomic E-state index is 0.102. The van der Waals surface area contributed by atoms with Gasteiger partial charge in [-0.25, -0.2) is 4.98 Å². The lowest BCUT2D eigenvalue weighted by molar-refractivity contribution is 0.0152. The molecule has 0 spiro atoms. The second-order valence-corrected chi connectivity index (χ2v) is 6.10. The molecule has 1 N–H and O–H groups in total. The van der Waals surface area contributed by atoms with E-state index in [2.05, 4.69) is 22.1 Å². The Morgan fingerprint density at radius 1 is 1.38 bits per heavy atom. The van der Waals surface area contributed by atoms with Crippen molar-refractivity contribution in [2.75, 3.05) is 32.0 Å². The number of hydrogen-bond donors (Lipinski definition) is 1. The summed E-state index contributed by atoms with van der Waals surface area (Å²) in [5.41, 5.74) is 0.677. The van der Waals surface area contributed by atoms with Crippen molar-refractivity contribution in [3.05, 3.63) is 23.9 Å². The molecule has 5 heteroatoms. The van der Waals surface area contributed by atoms with Gasteiger partial charge in [0.05, 0.1) is 5.56 Å². The summed E-state index contributed by atoms with van der Waals surface area (Å²) in [4.78, 5) is 21.7. The predicted molar refractivity (Wildman–Crippen MR) is 83.5 cm³/mol. The van der Waals surface area contributed by atoms with Crippen LogP contribution in [0.4, 0.5) is 5.82 Å². The molecule has 0 radical (unpaired) electrons. The molecule has 2 fully saturated rings. The summed E-state index contributed by atoms with van der Waals surface area (Å²) >= 11 is 0. The lowest BCUT2D eigenvalue weighted by Crippen LogP contribution is -2.60. The number of hydrogen-bond acceptors (Lipinski definition) is 4. The molecule has 2 aliphatic rings. The van der Waals surface area contributed by atoms with Gasteiger partial charge in [-0.2, -0.15) is 0 Å². The smallest absolute Gasteiger partial charge is 0.257 e. The average Bonchev–Trinajstić information content (AvgIpc) is 2.53. The molecule has 21 heavy (non-hydrogen) atoms. The first-order valence-electron chi connectivity index (χ1n) is 7.88.